The van der Waals surface area contributed by atoms with Crippen molar-refractivity contribution in [1.29, 1.82) is 0 Å². The smallest absolute Gasteiger partial charge is 0.261 e. The fourth-order valence-electron chi connectivity index (χ4n) is 4.34. The highest BCUT2D eigenvalue weighted by Crippen LogP contribution is 2.36. The fraction of sp³-hybridized carbons (Fsp3) is 0.333. The Labute approximate surface area is 206 Å². The van der Waals surface area contributed by atoms with Crippen molar-refractivity contribution < 1.29 is 13.9 Å². The van der Waals surface area contributed by atoms with Gasteiger partial charge in [0.05, 0.1) is 20.3 Å². The molecule has 0 atom stereocenters. The van der Waals surface area contributed by atoms with Crippen molar-refractivity contribution in [2.45, 2.75) is 45.3 Å². The van der Waals surface area contributed by atoms with Crippen LogP contribution in [0.2, 0.25) is 5.04 Å². The van der Waals surface area contributed by atoms with Crippen LogP contribution >= 0.6 is 0 Å². The van der Waals surface area contributed by atoms with E-state index < -0.39 is 8.32 Å². The molecular weight excluding hydrogens is 436 g/mol. The number of ether oxygens (including phenoxy) is 2. The highest BCUT2D eigenvalue weighted by molar-refractivity contribution is 6.99. The molecule has 0 spiro atoms. The first kappa shape index (κ1) is 26.0. The lowest BCUT2D eigenvalue weighted by atomic mass is 10.2. The maximum atomic E-state index is 6.88. The Hall–Kier alpha value is -2.66. The first-order chi connectivity index (χ1) is 16.5. The predicted octanol–water partition coefficient (Wildman–Crippen LogP) is 6.12. The molecule has 3 nitrogen and oxygen atoms in total. The molecule has 3 aromatic carbocycles. The summed E-state index contributed by atoms with van der Waals surface area (Å²) in [6.07, 6.45) is 6.36. The monoisotopic (exact) mass is 474 g/mol. The Morgan fingerprint density at radius 2 is 1.35 bits per heavy atom. The summed E-state index contributed by atoms with van der Waals surface area (Å²) in [7, 11) is -0.781. The van der Waals surface area contributed by atoms with Crippen LogP contribution in [-0.2, 0) is 15.8 Å². The molecule has 0 saturated carbocycles. The van der Waals surface area contributed by atoms with Gasteiger partial charge in [-0.2, -0.15) is 0 Å². The number of rotatable bonds is 12. The molecule has 180 valence electrons. The van der Waals surface area contributed by atoms with Crippen molar-refractivity contribution in [3.63, 3.8) is 0 Å². The Bertz CT molecular complexity index is 953. The van der Waals surface area contributed by atoms with Crippen LogP contribution in [0.5, 0.6) is 5.75 Å². The Balaban J connectivity index is 1.54. The van der Waals surface area contributed by atoms with Gasteiger partial charge in [-0.25, -0.2) is 0 Å². The number of benzene rings is 3. The van der Waals surface area contributed by atoms with E-state index in [9.17, 15) is 0 Å². The van der Waals surface area contributed by atoms with Gasteiger partial charge in [0, 0.05) is 6.61 Å². The average Bonchev–Trinajstić information content (AvgIpc) is 2.86. The minimum atomic E-state index is -2.46. The fourth-order valence-corrected chi connectivity index (χ4v) is 8.84. The normalized spacial score (nSPS) is 12.2. The van der Waals surface area contributed by atoms with Crippen molar-refractivity contribution >= 4 is 18.7 Å². The maximum absolute atomic E-state index is 6.88. The SMILES string of the molecule is COc1ccc(COCCC/C=C/CO[Si](c2ccccc2)(c2ccccc2)C(C)(C)C)cc1. The molecule has 0 aliphatic rings. The Morgan fingerprint density at radius 3 is 1.88 bits per heavy atom. The van der Waals surface area contributed by atoms with Gasteiger partial charge >= 0.3 is 0 Å². The minimum absolute atomic E-state index is 0.00115. The van der Waals surface area contributed by atoms with Gasteiger partial charge in [-0.1, -0.05) is 106 Å². The summed E-state index contributed by atoms with van der Waals surface area (Å²) in [4.78, 5) is 0. The van der Waals surface area contributed by atoms with E-state index in [0.717, 1.165) is 30.8 Å². The molecular formula is C30H38O3Si. The Morgan fingerprint density at radius 1 is 0.765 bits per heavy atom. The van der Waals surface area contributed by atoms with Crippen molar-refractivity contribution in [1.82, 2.24) is 0 Å². The summed E-state index contributed by atoms with van der Waals surface area (Å²) < 4.78 is 17.9. The van der Waals surface area contributed by atoms with E-state index in [1.54, 1.807) is 7.11 Å². The molecule has 4 heteroatoms. The van der Waals surface area contributed by atoms with Gasteiger partial charge in [0.1, 0.15) is 5.75 Å². The predicted molar refractivity (Wildman–Crippen MR) is 145 cm³/mol. The zero-order valence-electron chi connectivity index (χ0n) is 21.0. The average molecular weight is 475 g/mol. The number of hydrogen-bond donors (Lipinski definition) is 0. The highest BCUT2D eigenvalue weighted by atomic mass is 28.4. The van der Waals surface area contributed by atoms with E-state index in [2.05, 4.69) is 93.6 Å². The Kier molecular flexibility index (Phi) is 9.70. The second kappa shape index (κ2) is 12.7. The third-order valence-corrected chi connectivity index (χ3v) is 11.1. The molecule has 0 amide bonds. The van der Waals surface area contributed by atoms with Crippen LogP contribution in [0.15, 0.2) is 97.1 Å². The van der Waals surface area contributed by atoms with E-state index in [1.165, 1.54) is 10.4 Å². The highest BCUT2D eigenvalue weighted by Gasteiger charge is 2.49. The van der Waals surface area contributed by atoms with Crippen molar-refractivity contribution in [2.75, 3.05) is 20.3 Å². The topological polar surface area (TPSA) is 27.7 Å². The minimum Gasteiger partial charge on any atom is -0.497 e. The zero-order valence-corrected chi connectivity index (χ0v) is 22.0. The summed E-state index contributed by atoms with van der Waals surface area (Å²) in [5.74, 6) is 0.870. The maximum Gasteiger partial charge on any atom is 0.261 e. The molecule has 0 N–H and O–H groups in total. The second-order valence-electron chi connectivity index (χ2n) is 9.49. The third-order valence-electron chi connectivity index (χ3n) is 6.07. The first-order valence-electron chi connectivity index (χ1n) is 12.1. The number of allylic oxidation sites excluding steroid dienone is 1. The quantitative estimate of drug-likeness (QED) is 0.180. The molecule has 0 fully saturated rings. The van der Waals surface area contributed by atoms with Crippen molar-refractivity contribution in [2.24, 2.45) is 0 Å². The van der Waals surface area contributed by atoms with Gasteiger partial charge in [0.2, 0.25) is 0 Å². The lowest BCUT2D eigenvalue weighted by molar-refractivity contribution is 0.119. The number of hydrogen-bond acceptors (Lipinski definition) is 3. The van der Waals surface area contributed by atoms with Gasteiger partial charge in [-0.15, -0.1) is 0 Å². The first-order valence-corrected chi connectivity index (χ1v) is 14.0. The molecule has 0 bridgehead atoms. The molecule has 3 rings (SSSR count). The van der Waals surface area contributed by atoms with Crippen LogP contribution in [0.4, 0.5) is 0 Å². The molecule has 0 heterocycles. The molecule has 0 unspecified atom stereocenters. The molecule has 0 saturated heterocycles. The largest absolute Gasteiger partial charge is 0.497 e. The van der Waals surface area contributed by atoms with Gasteiger partial charge in [0.25, 0.3) is 8.32 Å². The van der Waals surface area contributed by atoms with E-state index in [1.807, 2.05) is 24.3 Å². The van der Waals surface area contributed by atoms with E-state index in [4.69, 9.17) is 13.9 Å². The summed E-state index contributed by atoms with van der Waals surface area (Å²) >= 11 is 0. The van der Waals surface area contributed by atoms with E-state index >= 15 is 0 Å². The summed E-state index contributed by atoms with van der Waals surface area (Å²) in [5, 5.41) is 2.63. The lowest BCUT2D eigenvalue weighted by Crippen LogP contribution is -2.66. The molecule has 0 aliphatic heterocycles. The number of unbranched alkanes of at least 4 members (excludes halogenated alkanes) is 1. The van der Waals surface area contributed by atoms with Gasteiger partial charge < -0.3 is 13.9 Å². The van der Waals surface area contributed by atoms with E-state index in [-0.39, 0.29) is 5.04 Å². The van der Waals surface area contributed by atoms with Crippen LogP contribution in [0, 0.1) is 0 Å². The molecule has 0 radical (unpaired) electrons. The van der Waals surface area contributed by atoms with Crippen LogP contribution < -0.4 is 15.1 Å². The van der Waals surface area contributed by atoms with Crippen LogP contribution in [-0.4, -0.2) is 28.6 Å². The molecule has 3 aromatic rings. The molecule has 0 aliphatic carbocycles. The molecule has 34 heavy (non-hydrogen) atoms. The lowest BCUT2D eigenvalue weighted by Gasteiger charge is -2.42. The van der Waals surface area contributed by atoms with Crippen LogP contribution in [0.25, 0.3) is 0 Å². The van der Waals surface area contributed by atoms with Crippen molar-refractivity contribution in [3.8, 4) is 5.75 Å². The second-order valence-corrected chi connectivity index (χ2v) is 13.8. The van der Waals surface area contributed by atoms with Crippen LogP contribution in [0.1, 0.15) is 39.2 Å². The third kappa shape index (κ3) is 6.69. The van der Waals surface area contributed by atoms with Crippen LogP contribution in [0.3, 0.4) is 0 Å². The van der Waals surface area contributed by atoms with Crippen molar-refractivity contribution in [3.05, 3.63) is 103 Å². The van der Waals surface area contributed by atoms with Gasteiger partial charge in [0.15, 0.2) is 0 Å². The molecule has 0 aromatic heterocycles. The van der Waals surface area contributed by atoms with Gasteiger partial charge in [-0.05, 0) is 45.9 Å². The standard InChI is InChI=1S/C30H38O3Si/c1-30(2,3)34(28-15-9-7-10-16-28,29-17-11-8-12-18-29)33-24-14-6-5-13-23-32-25-26-19-21-27(31-4)22-20-26/h6-12,14-22H,5,13,23-25H2,1-4H3/b14-6+. The zero-order chi connectivity index (χ0) is 24.3. The van der Waals surface area contributed by atoms with E-state index in [0.29, 0.717) is 13.2 Å². The summed E-state index contributed by atoms with van der Waals surface area (Å²) in [5.41, 5.74) is 1.16. The number of methoxy groups -OCH3 is 1. The van der Waals surface area contributed by atoms with Gasteiger partial charge in [-0.3, -0.25) is 0 Å². The summed E-state index contributed by atoms with van der Waals surface area (Å²) in [6, 6.07) is 29.6. The summed E-state index contributed by atoms with van der Waals surface area (Å²) in [6.45, 7) is 8.91.